The van der Waals surface area contributed by atoms with Gasteiger partial charge >= 0.3 is 0 Å². The maximum absolute atomic E-state index is 12.3. The van der Waals surface area contributed by atoms with Crippen molar-refractivity contribution >= 4 is 33.3 Å². The minimum Gasteiger partial charge on any atom is -0.294 e. The highest BCUT2D eigenvalue weighted by Crippen LogP contribution is 2.50. The monoisotopic (exact) mass is 326 g/mol. The number of ketones is 1. The number of hydrogen-bond donors (Lipinski definition) is 0. The molecule has 3 atom stereocenters. The predicted molar refractivity (Wildman–Crippen MR) is 77.0 cm³/mol. The van der Waals surface area contributed by atoms with Crippen molar-refractivity contribution in [1.29, 1.82) is 0 Å². The van der Waals surface area contributed by atoms with Crippen molar-refractivity contribution in [3.8, 4) is 0 Å². The van der Waals surface area contributed by atoms with Gasteiger partial charge in [0, 0.05) is 16.5 Å². The van der Waals surface area contributed by atoms with Crippen molar-refractivity contribution in [3.63, 3.8) is 0 Å². The zero-order valence-electron chi connectivity index (χ0n) is 10.2. The van der Waals surface area contributed by atoms with Crippen LogP contribution in [0.5, 0.6) is 0 Å². The fraction of sp³-hybridized carbons (Fsp3) is 0.533. The molecule has 0 spiro atoms. The van der Waals surface area contributed by atoms with Crippen LogP contribution in [-0.4, -0.2) is 5.78 Å². The lowest BCUT2D eigenvalue weighted by Crippen LogP contribution is -2.15. The van der Waals surface area contributed by atoms with E-state index in [4.69, 9.17) is 11.6 Å². The molecule has 0 heterocycles. The van der Waals surface area contributed by atoms with Crippen LogP contribution in [-0.2, 0) is 0 Å². The Bertz CT molecular complexity index is 485. The van der Waals surface area contributed by atoms with Crippen molar-refractivity contribution in [2.75, 3.05) is 0 Å². The summed E-state index contributed by atoms with van der Waals surface area (Å²) in [5.74, 6) is 2.50. The summed E-state index contributed by atoms with van der Waals surface area (Å²) in [6, 6.07) is 5.59. The highest BCUT2D eigenvalue weighted by atomic mass is 79.9. The van der Waals surface area contributed by atoms with Gasteiger partial charge in [-0.1, -0.05) is 24.1 Å². The summed E-state index contributed by atoms with van der Waals surface area (Å²) in [6.07, 6.45) is 5.99. The first kappa shape index (κ1) is 12.7. The number of carbonyl (C=O) groups is 1. The third kappa shape index (κ3) is 2.25. The number of rotatable bonds is 3. The van der Waals surface area contributed by atoms with Crippen LogP contribution in [0.4, 0.5) is 0 Å². The minimum absolute atomic E-state index is 0.207. The van der Waals surface area contributed by atoms with Gasteiger partial charge in [0.05, 0.1) is 5.02 Å². The predicted octanol–water partition coefficient (Wildman–Crippen LogP) is 5.11. The standard InChI is InChI=1S/C15H16BrClO/c16-13-3-1-2-12(15(13)17)14(18)8-11-7-9-4-5-10(11)6-9/h1-3,9-11H,4-8H2. The van der Waals surface area contributed by atoms with E-state index in [1.807, 2.05) is 18.2 Å². The van der Waals surface area contributed by atoms with Crippen LogP contribution in [0.25, 0.3) is 0 Å². The molecule has 2 saturated carbocycles. The maximum atomic E-state index is 12.3. The van der Waals surface area contributed by atoms with Crippen LogP contribution >= 0.6 is 27.5 Å². The molecule has 1 aromatic rings. The molecule has 1 nitrogen and oxygen atoms in total. The summed E-state index contributed by atoms with van der Waals surface area (Å²) in [5.41, 5.74) is 0.675. The molecule has 3 heteroatoms. The van der Waals surface area contributed by atoms with Crippen molar-refractivity contribution in [2.45, 2.75) is 32.1 Å². The zero-order valence-corrected chi connectivity index (χ0v) is 12.5. The van der Waals surface area contributed by atoms with Crippen LogP contribution < -0.4 is 0 Å². The number of fused-ring (bicyclic) bond motifs is 2. The second-order valence-electron chi connectivity index (χ2n) is 5.66. The molecule has 2 bridgehead atoms. The van der Waals surface area contributed by atoms with E-state index in [9.17, 15) is 4.79 Å². The van der Waals surface area contributed by atoms with Crippen molar-refractivity contribution in [2.24, 2.45) is 17.8 Å². The molecule has 0 N–H and O–H groups in total. The van der Waals surface area contributed by atoms with Gasteiger partial charge in [-0.15, -0.1) is 0 Å². The third-order valence-corrected chi connectivity index (χ3v) is 5.88. The average molecular weight is 328 g/mol. The van der Waals surface area contributed by atoms with Gasteiger partial charge in [0.15, 0.2) is 5.78 Å². The summed E-state index contributed by atoms with van der Waals surface area (Å²) in [5, 5.41) is 0.561. The van der Waals surface area contributed by atoms with Gasteiger partial charge in [0.2, 0.25) is 0 Å². The molecule has 0 saturated heterocycles. The topological polar surface area (TPSA) is 17.1 Å². The van der Waals surface area contributed by atoms with Crippen molar-refractivity contribution in [3.05, 3.63) is 33.3 Å². The maximum Gasteiger partial charge on any atom is 0.164 e. The summed E-state index contributed by atoms with van der Waals surface area (Å²) >= 11 is 9.56. The van der Waals surface area contributed by atoms with E-state index in [0.717, 1.165) is 16.3 Å². The number of hydrogen-bond acceptors (Lipinski definition) is 1. The van der Waals surface area contributed by atoms with Gasteiger partial charge < -0.3 is 0 Å². The number of halogens is 2. The Morgan fingerprint density at radius 2 is 2.17 bits per heavy atom. The quantitative estimate of drug-likeness (QED) is 0.705. The van der Waals surface area contributed by atoms with Gasteiger partial charge in [-0.2, -0.15) is 0 Å². The number of benzene rings is 1. The Morgan fingerprint density at radius 1 is 1.33 bits per heavy atom. The van der Waals surface area contributed by atoms with E-state index in [2.05, 4.69) is 15.9 Å². The van der Waals surface area contributed by atoms with Gasteiger partial charge in [0.1, 0.15) is 0 Å². The lowest BCUT2D eigenvalue weighted by Gasteiger charge is -2.21. The molecule has 3 unspecified atom stereocenters. The molecule has 96 valence electrons. The van der Waals surface area contributed by atoms with E-state index < -0.39 is 0 Å². The van der Waals surface area contributed by atoms with Gasteiger partial charge in [-0.05, 0) is 65.1 Å². The largest absolute Gasteiger partial charge is 0.294 e. The van der Waals surface area contributed by atoms with Crippen LogP contribution in [0.3, 0.4) is 0 Å². The van der Waals surface area contributed by atoms with E-state index in [1.54, 1.807) is 0 Å². The smallest absolute Gasteiger partial charge is 0.164 e. The van der Waals surface area contributed by atoms with Gasteiger partial charge in [-0.3, -0.25) is 4.79 Å². The summed E-state index contributed by atoms with van der Waals surface area (Å²) in [6.45, 7) is 0. The molecule has 0 aliphatic heterocycles. The van der Waals surface area contributed by atoms with Crippen LogP contribution in [0, 0.1) is 17.8 Å². The third-order valence-electron chi connectivity index (χ3n) is 4.58. The average Bonchev–Trinajstić information content (AvgIpc) is 2.94. The molecule has 0 radical (unpaired) electrons. The molecule has 2 aliphatic carbocycles. The van der Waals surface area contributed by atoms with Crippen molar-refractivity contribution < 1.29 is 4.79 Å². The molecule has 2 fully saturated rings. The van der Waals surface area contributed by atoms with Crippen LogP contribution in [0.2, 0.25) is 5.02 Å². The summed E-state index contributed by atoms with van der Waals surface area (Å²) in [7, 11) is 0. The number of Topliss-reactive ketones (excluding diaryl/α,β-unsaturated/α-hetero) is 1. The SMILES string of the molecule is O=C(CC1CC2CCC1C2)c1cccc(Br)c1Cl. The Kier molecular flexibility index (Phi) is 3.50. The first-order valence-electron chi connectivity index (χ1n) is 6.62. The molecule has 1 aromatic carbocycles. The Balaban J connectivity index is 1.73. The molecule has 2 aliphatic rings. The number of carbonyl (C=O) groups excluding carboxylic acids is 1. The molecular weight excluding hydrogens is 312 g/mol. The normalized spacial score (nSPS) is 29.8. The van der Waals surface area contributed by atoms with Gasteiger partial charge in [-0.25, -0.2) is 0 Å². The molecule has 3 rings (SSSR count). The van der Waals surface area contributed by atoms with E-state index in [1.165, 1.54) is 25.7 Å². The minimum atomic E-state index is 0.207. The second-order valence-corrected chi connectivity index (χ2v) is 6.90. The van der Waals surface area contributed by atoms with Gasteiger partial charge in [0.25, 0.3) is 0 Å². The molecular formula is C15H16BrClO. The highest BCUT2D eigenvalue weighted by Gasteiger charge is 2.40. The molecule has 18 heavy (non-hydrogen) atoms. The lowest BCUT2D eigenvalue weighted by molar-refractivity contribution is 0.0944. The molecule has 0 aromatic heterocycles. The second kappa shape index (κ2) is 4.97. The first-order valence-corrected chi connectivity index (χ1v) is 7.79. The van der Waals surface area contributed by atoms with Crippen LogP contribution in [0.1, 0.15) is 42.5 Å². The Hall–Kier alpha value is -0.340. The van der Waals surface area contributed by atoms with E-state index in [-0.39, 0.29) is 5.78 Å². The Morgan fingerprint density at radius 3 is 2.83 bits per heavy atom. The van der Waals surface area contributed by atoms with E-state index in [0.29, 0.717) is 22.9 Å². The fourth-order valence-electron chi connectivity index (χ4n) is 3.69. The summed E-state index contributed by atoms with van der Waals surface area (Å²) in [4.78, 5) is 12.3. The first-order chi connectivity index (χ1) is 8.65. The van der Waals surface area contributed by atoms with Crippen molar-refractivity contribution in [1.82, 2.24) is 0 Å². The fourth-order valence-corrected chi connectivity index (χ4v) is 4.29. The molecule has 0 amide bonds. The Labute approximate surface area is 121 Å². The summed E-state index contributed by atoms with van der Waals surface area (Å²) < 4.78 is 0.808. The zero-order chi connectivity index (χ0) is 12.7. The lowest BCUT2D eigenvalue weighted by atomic mass is 9.84. The van der Waals surface area contributed by atoms with Crippen LogP contribution in [0.15, 0.2) is 22.7 Å². The highest BCUT2D eigenvalue weighted by molar-refractivity contribution is 9.10. The van der Waals surface area contributed by atoms with E-state index >= 15 is 0 Å².